The first kappa shape index (κ1) is 23.4. The SMILES string of the molecule is CC(=O)NCCC(C)CCOC(C)(C)C.CSc1nc2ccc(F)cc2[nH]1. The maximum absolute atomic E-state index is 12.7. The largest absolute Gasteiger partial charge is 0.376 e. The number of aromatic amines is 1. The summed E-state index contributed by atoms with van der Waals surface area (Å²) in [5.41, 5.74) is 1.51. The number of benzene rings is 1. The van der Waals surface area contributed by atoms with E-state index in [1.807, 2.05) is 6.26 Å². The highest BCUT2D eigenvalue weighted by Gasteiger charge is 2.10. The fourth-order valence-electron chi connectivity index (χ4n) is 2.26. The molecule has 5 nitrogen and oxygen atoms in total. The van der Waals surface area contributed by atoms with E-state index in [0.29, 0.717) is 5.92 Å². The Morgan fingerprint density at radius 1 is 1.37 bits per heavy atom. The topological polar surface area (TPSA) is 67.0 Å². The number of H-pyrrole nitrogens is 1. The number of imidazole rings is 1. The number of carbonyl (C=O) groups excluding carboxylic acids is 1. The summed E-state index contributed by atoms with van der Waals surface area (Å²) in [5.74, 6) is 0.408. The normalized spacial score (nSPS) is 12.4. The third-order valence-electron chi connectivity index (χ3n) is 3.77. The van der Waals surface area contributed by atoms with Gasteiger partial charge in [-0.1, -0.05) is 18.7 Å². The molecule has 0 bridgehead atoms. The maximum Gasteiger partial charge on any atom is 0.216 e. The molecular weight excluding hydrogens is 365 g/mol. The van der Waals surface area contributed by atoms with Crippen molar-refractivity contribution in [1.29, 1.82) is 0 Å². The molecule has 1 amide bonds. The quantitative estimate of drug-likeness (QED) is 0.660. The molecule has 0 saturated heterocycles. The summed E-state index contributed by atoms with van der Waals surface area (Å²) >= 11 is 1.51. The molecule has 0 spiro atoms. The molecule has 2 N–H and O–H groups in total. The number of halogens is 1. The molecular formula is C20H32FN3O2S. The van der Waals surface area contributed by atoms with Crippen LogP contribution in [0.5, 0.6) is 0 Å². The minimum absolute atomic E-state index is 0.0443. The summed E-state index contributed by atoms with van der Waals surface area (Å²) in [6.45, 7) is 11.5. The van der Waals surface area contributed by atoms with Crippen molar-refractivity contribution in [3.8, 4) is 0 Å². The molecule has 0 aliphatic heterocycles. The second-order valence-corrected chi connectivity index (χ2v) is 8.33. The van der Waals surface area contributed by atoms with E-state index in [9.17, 15) is 9.18 Å². The van der Waals surface area contributed by atoms with Crippen molar-refractivity contribution in [3.05, 3.63) is 24.0 Å². The zero-order chi connectivity index (χ0) is 20.4. The van der Waals surface area contributed by atoms with Crippen LogP contribution in [0.4, 0.5) is 4.39 Å². The number of rotatable bonds is 7. The number of nitrogens with zero attached hydrogens (tertiary/aromatic N) is 1. The van der Waals surface area contributed by atoms with E-state index in [1.54, 1.807) is 13.0 Å². The molecule has 7 heteroatoms. The van der Waals surface area contributed by atoms with Gasteiger partial charge in [0.2, 0.25) is 5.91 Å². The molecule has 1 heterocycles. The van der Waals surface area contributed by atoms with Crippen LogP contribution in [0.25, 0.3) is 11.0 Å². The second-order valence-electron chi connectivity index (χ2n) is 7.53. The number of aromatic nitrogens is 2. The zero-order valence-electron chi connectivity index (χ0n) is 17.2. The first-order valence-electron chi connectivity index (χ1n) is 9.18. The number of ether oxygens (including phenoxy) is 1. The Labute approximate surface area is 165 Å². The summed E-state index contributed by atoms with van der Waals surface area (Å²) in [5, 5.41) is 3.62. The third-order valence-corrected chi connectivity index (χ3v) is 4.35. The van der Waals surface area contributed by atoms with Crippen LogP contribution in [-0.4, -0.2) is 40.9 Å². The minimum atomic E-state index is -0.237. The summed E-state index contributed by atoms with van der Waals surface area (Å²) in [6.07, 6.45) is 4.00. The van der Waals surface area contributed by atoms with Gasteiger partial charge in [-0.25, -0.2) is 9.37 Å². The summed E-state index contributed by atoms with van der Waals surface area (Å²) in [4.78, 5) is 17.8. The van der Waals surface area contributed by atoms with Gasteiger partial charge < -0.3 is 15.0 Å². The van der Waals surface area contributed by atoms with Gasteiger partial charge in [-0.05, 0) is 64.0 Å². The summed E-state index contributed by atoms with van der Waals surface area (Å²) < 4.78 is 18.3. The van der Waals surface area contributed by atoms with Crippen LogP contribution in [0, 0.1) is 11.7 Å². The maximum atomic E-state index is 12.7. The molecule has 0 radical (unpaired) electrons. The molecule has 0 aliphatic carbocycles. The van der Waals surface area contributed by atoms with E-state index in [0.717, 1.165) is 42.2 Å². The lowest BCUT2D eigenvalue weighted by Gasteiger charge is -2.21. The number of fused-ring (bicyclic) bond motifs is 1. The number of carbonyl (C=O) groups is 1. The van der Waals surface area contributed by atoms with Crippen molar-refractivity contribution in [2.45, 2.75) is 58.2 Å². The van der Waals surface area contributed by atoms with Crippen LogP contribution < -0.4 is 5.32 Å². The van der Waals surface area contributed by atoms with E-state index in [4.69, 9.17) is 4.74 Å². The van der Waals surface area contributed by atoms with E-state index in [1.165, 1.54) is 23.9 Å². The van der Waals surface area contributed by atoms with Crippen LogP contribution in [0.15, 0.2) is 23.4 Å². The molecule has 152 valence electrons. The van der Waals surface area contributed by atoms with E-state index >= 15 is 0 Å². The first-order chi connectivity index (χ1) is 12.6. The fourth-order valence-corrected chi connectivity index (χ4v) is 2.66. The highest BCUT2D eigenvalue weighted by Crippen LogP contribution is 2.17. The first-order valence-corrected chi connectivity index (χ1v) is 10.4. The number of hydrogen-bond acceptors (Lipinski definition) is 4. The molecule has 1 unspecified atom stereocenters. The Morgan fingerprint density at radius 3 is 2.67 bits per heavy atom. The predicted molar refractivity (Wildman–Crippen MR) is 111 cm³/mol. The smallest absolute Gasteiger partial charge is 0.216 e. The minimum Gasteiger partial charge on any atom is -0.376 e. The summed E-state index contributed by atoms with van der Waals surface area (Å²) in [7, 11) is 0. The Hall–Kier alpha value is -1.60. The van der Waals surface area contributed by atoms with Crippen molar-refractivity contribution in [3.63, 3.8) is 0 Å². The average molecular weight is 398 g/mol. The summed E-state index contributed by atoms with van der Waals surface area (Å²) in [6, 6.07) is 4.52. The van der Waals surface area contributed by atoms with E-state index in [2.05, 4.69) is 43.0 Å². The van der Waals surface area contributed by atoms with Crippen LogP contribution in [-0.2, 0) is 9.53 Å². The number of nitrogens with one attached hydrogen (secondary N) is 2. The van der Waals surface area contributed by atoms with E-state index < -0.39 is 0 Å². The van der Waals surface area contributed by atoms with E-state index in [-0.39, 0.29) is 17.3 Å². The molecule has 27 heavy (non-hydrogen) atoms. The van der Waals surface area contributed by atoms with Crippen LogP contribution in [0.3, 0.4) is 0 Å². The van der Waals surface area contributed by atoms with Gasteiger partial charge in [0, 0.05) is 20.1 Å². The molecule has 1 aromatic heterocycles. The third kappa shape index (κ3) is 10.3. The lowest BCUT2D eigenvalue weighted by molar-refractivity contribution is -0.118. The Morgan fingerprint density at radius 2 is 2.07 bits per heavy atom. The van der Waals surface area contributed by atoms with Crippen molar-refractivity contribution in [2.24, 2.45) is 5.92 Å². The second kappa shape index (κ2) is 11.3. The highest BCUT2D eigenvalue weighted by molar-refractivity contribution is 7.98. The highest BCUT2D eigenvalue weighted by atomic mass is 32.2. The van der Waals surface area contributed by atoms with Crippen molar-refractivity contribution in [2.75, 3.05) is 19.4 Å². The van der Waals surface area contributed by atoms with Gasteiger partial charge in [0.05, 0.1) is 16.6 Å². The number of amides is 1. The van der Waals surface area contributed by atoms with Crippen LogP contribution >= 0.6 is 11.8 Å². The fraction of sp³-hybridized carbons (Fsp3) is 0.600. The molecule has 1 atom stereocenters. The zero-order valence-corrected chi connectivity index (χ0v) is 18.0. The van der Waals surface area contributed by atoms with Gasteiger partial charge in [0.1, 0.15) is 5.82 Å². The Bertz CT molecular complexity index is 713. The Balaban J connectivity index is 0.000000274. The molecule has 1 aromatic carbocycles. The standard InChI is InChI=1S/C12H25NO2.C8H7FN2S/c1-10(6-8-13-11(2)14)7-9-15-12(3,4)5;1-12-8-10-6-3-2-5(9)4-7(6)11-8/h10H,6-9H2,1-5H3,(H,13,14);2-4H,1H3,(H,10,11). The van der Waals surface area contributed by atoms with Gasteiger partial charge in [-0.15, -0.1) is 0 Å². The lowest BCUT2D eigenvalue weighted by Crippen LogP contribution is -2.24. The molecule has 0 saturated carbocycles. The average Bonchev–Trinajstić information content (AvgIpc) is 2.96. The van der Waals surface area contributed by atoms with Gasteiger partial charge in [-0.2, -0.15) is 0 Å². The number of hydrogen-bond donors (Lipinski definition) is 2. The van der Waals surface area contributed by atoms with Gasteiger partial charge >= 0.3 is 0 Å². The van der Waals surface area contributed by atoms with Crippen molar-refractivity contribution >= 4 is 28.7 Å². The molecule has 0 fully saturated rings. The molecule has 0 aliphatic rings. The van der Waals surface area contributed by atoms with Gasteiger partial charge in [-0.3, -0.25) is 4.79 Å². The Kier molecular flexibility index (Phi) is 9.80. The van der Waals surface area contributed by atoms with Gasteiger partial charge in [0.15, 0.2) is 5.16 Å². The lowest BCUT2D eigenvalue weighted by atomic mass is 10.0. The number of thioether (sulfide) groups is 1. The molecule has 2 rings (SSSR count). The van der Waals surface area contributed by atoms with Gasteiger partial charge in [0.25, 0.3) is 0 Å². The molecule has 2 aromatic rings. The van der Waals surface area contributed by atoms with Crippen molar-refractivity contribution < 1.29 is 13.9 Å². The monoisotopic (exact) mass is 397 g/mol. The predicted octanol–water partition coefficient (Wildman–Crippen LogP) is 4.78. The van der Waals surface area contributed by atoms with Crippen LogP contribution in [0.1, 0.15) is 47.5 Å². The van der Waals surface area contributed by atoms with Crippen molar-refractivity contribution in [1.82, 2.24) is 15.3 Å². The van der Waals surface area contributed by atoms with Crippen LogP contribution in [0.2, 0.25) is 0 Å².